The van der Waals surface area contributed by atoms with E-state index in [1.165, 1.54) is 0 Å². The summed E-state index contributed by atoms with van der Waals surface area (Å²) < 4.78 is 15.7. The number of carboxylic acids is 1. The number of hydrogen-bond acceptors (Lipinski definition) is 5. The van der Waals surface area contributed by atoms with Gasteiger partial charge in [0.05, 0.1) is 19.8 Å². The summed E-state index contributed by atoms with van der Waals surface area (Å²) in [6, 6.07) is 7.51. The molecule has 0 aliphatic carbocycles. The molecule has 134 valence electrons. The third-order valence-corrected chi connectivity index (χ3v) is 3.68. The van der Waals surface area contributed by atoms with Crippen LogP contribution in [0.4, 0.5) is 0 Å². The van der Waals surface area contributed by atoms with Crippen molar-refractivity contribution in [1.29, 1.82) is 0 Å². The minimum atomic E-state index is -1.15. The standard InChI is InChI=1S/C18H26O6/c1-4-13(2)24-18(21)16(17(19)20)6-5-11-23-12-14-7-9-15(22-3)10-8-14/h7-10,13,16H,4-6,11-12H2,1-3H3,(H,19,20). The molecule has 6 nitrogen and oxygen atoms in total. The van der Waals surface area contributed by atoms with Crippen LogP contribution in [0.2, 0.25) is 0 Å². The van der Waals surface area contributed by atoms with Crippen molar-refractivity contribution < 1.29 is 28.9 Å². The van der Waals surface area contributed by atoms with Gasteiger partial charge in [0, 0.05) is 6.61 Å². The zero-order valence-corrected chi connectivity index (χ0v) is 14.5. The molecule has 0 saturated heterocycles. The maximum Gasteiger partial charge on any atom is 0.320 e. The SMILES string of the molecule is CCC(C)OC(=O)C(CCCOCc1ccc(OC)cc1)C(=O)O. The lowest BCUT2D eigenvalue weighted by atomic mass is 10.0. The molecule has 0 aliphatic rings. The van der Waals surface area contributed by atoms with E-state index < -0.39 is 17.9 Å². The number of carbonyl (C=O) groups is 2. The molecule has 0 aromatic heterocycles. The number of methoxy groups -OCH3 is 1. The summed E-state index contributed by atoms with van der Waals surface area (Å²) in [6.07, 6.45) is 1.06. The van der Waals surface area contributed by atoms with E-state index in [9.17, 15) is 9.59 Å². The minimum Gasteiger partial charge on any atom is -0.497 e. The summed E-state index contributed by atoms with van der Waals surface area (Å²) in [6.45, 7) is 4.43. The Kier molecular flexibility index (Phi) is 8.86. The van der Waals surface area contributed by atoms with Gasteiger partial charge in [-0.2, -0.15) is 0 Å². The van der Waals surface area contributed by atoms with Gasteiger partial charge in [-0.05, 0) is 43.9 Å². The average molecular weight is 338 g/mol. The van der Waals surface area contributed by atoms with E-state index >= 15 is 0 Å². The summed E-state index contributed by atoms with van der Waals surface area (Å²) in [5.41, 5.74) is 1.00. The first-order valence-electron chi connectivity index (χ1n) is 8.11. The molecule has 0 heterocycles. The average Bonchev–Trinajstić information content (AvgIpc) is 2.57. The van der Waals surface area contributed by atoms with Crippen molar-refractivity contribution in [3.05, 3.63) is 29.8 Å². The number of carboxylic acid groups (broad SMARTS) is 1. The van der Waals surface area contributed by atoms with Crippen molar-refractivity contribution >= 4 is 11.9 Å². The van der Waals surface area contributed by atoms with Crippen molar-refractivity contribution in [2.75, 3.05) is 13.7 Å². The molecule has 0 aliphatic heterocycles. The van der Waals surface area contributed by atoms with Gasteiger partial charge in [0.25, 0.3) is 0 Å². The summed E-state index contributed by atoms with van der Waals surface area (Å²) in [4.78, 5) is 23.0. The van der Waals surface area contributed by atoms with E-state index in [2.05, 4.69) is 0 Å². The van der Waals surface area contributed by atoms with E-state index in [0.717, 1.165) is 11.3 Å². The van der Waals surface area contributed by atoms with E-state index in [1.54, 1.807) is 14.0 Å². The van der Waals surface area contributed by atoms with E-state index in [0.29, 0.717) is 26.1 Å². The summed E-state index contributed by atoms with van der Waals surface area (Å²) >= 11 is 0. The molecule has 0 spiro atoms. The summed E-state index contributed by atoms with van der Waals surface area (Å²) in [5, 5.41) is 9.16. The molecule has 0 amide bonds. The third kappa shape index (κ3) is 7.00. The Morgan fingerprint density at radius 2 is 1.88 bits per heavy atom. The summed E-state index contributed by atoms with van der Waals surface area (Å²) in [5.74, 6) is -2.18. The van der Waals surface area contributed by atoms with E-state index in [1.807, 2.05) is 31.2 Å². The van der Waals surface area contributed by atoms with Gasteiger partial charge in [0.15, 0.2) is 5.92 Å². The first-order valence-corrected chi connectivity index (χ1v) is 8.11. The molecule has 0 saturated carbocycles. The second-order valence-electron chi connectivity index (χ2n) is 5.59. The number of aliphatic carboxylic acids is 1. The van der Waals surface area contributed by atoms with Crippen LogP contribution in [0, 0.1) is 5.92 Å². The molecule has 1 N–H and O–H groups in total. The highest BCUT2D eigenvalue weighted by atomic mass is 16.5. The number of carbonyl (C=O) groups excluding carboxylic acids is 1. The van der Waals surface area contributed by atoms with Gasteiger partial charge in [0.2, 0.25) is 0 Å². The van der Waals surface area contributed by atoms with Crippen LogP contribution in [0.1, 0.15) is 38.7 Å². The maximum atomic E-state index is 11.8. The molecular formula is C18H26O6. The fourth-order valence-corrected chi connectivity index (χ4v) is 2.01. The smallest absolute Gasteiger partial charge is 0.320 e. The summed E-state index contributed by atoms with van der Waals surface area (Å²) in [7, 11) is 1.61. The van der Waals surface area contributed by atoms with Crippen LogP contribution >= 0.6 is 0 Å². The quantitative estimate of drug-likeness (QED) is 0.379. The Balaban J connectivity index is 2.32. The normalized spacial score (nSPS) is 13.1. The van der Waals surface area contributed by atoms with Crippen LogP contribution < -0.4 is 4.74 Å². The predicted molar refractivity (Wildman–Crippen MR) is 88.9 cm³/mol. The Morgan fingerprint density at radius 1 is 1.21 bits per heavy atom. The van der Waals surface area contributed by atoms with Crippen molar-refractivity contribution in [1.82, 2.24) is 0 Å². The van der Waals surface area contributed by atoms with Crippen LogP contribution in [0.25, 0.3) is 0 Å². The lowest BCUT2D eigenvalue weighted by Crippen LogP contribution is -2.28. The topological polar surface area (TPSA) is 82.1 Å². The van der Waals surface area contributed by atoms with Crippen molar-refractivity contribution in [2.24, 2.45) is 5.92 Å². The lowest BCUT2D eigenvalue weighted by molar-refractivity contribution is -0.162. The second kappa shape index (κ2) is 10.6. The van der Waals surface area contributed by atoms with Gasteiger partial charge in [-0.15, -0.1) is 0 Å². The van der Waals surface area contributed by atoms with Gasteiger partial charge in [0.1, 0.15) is 5.75 Å². The van der Waals surface area contributed by atoms with Crippen LogP contribution in [0.5, 0.6) is 5.75 Å². The molecule has 24 heavy (non-hydrogen) atoms. The van der Waals surface area contributed by atoms with Gasteiger partial charge >= 0.3 is 11.9 Å². The monoisotopic (exact) mass is 338 g/mol. The van der Waals surface area contributed by atoms with E-state index in [4.69, 9.17) is 19.3 Å². The van der Waals surface area contributed by atoms with Crippen molar-refractivity contribution in [2.45, 2.75) is 45.8 Å². The highest BCUT2D eigenvalue weighted by Crippen LogP contribution is 2.14. The van der Waals surface area contributed by atoms with Gasteiger partial charge in [-0.1, -0.05) is 19.1 Å². The van der Waals surface area contributed by atoms with E-state index in [-0.39, 0.29) is 12.5 Å². The number of rotatable bonds is 11. The largest absolute Gasteiger partial charge is 0.497 e. The number of ether oxygens (including phenoxy) is 3. The van der Waals surface area contributed by atoms with Crippen LogP contribution in [0.15, 0.2) is 24.3 Å². The van der Waals surface area contributed by atoms with Gasteiger partial charge in [-0.3, -0.25) is 9.59 Å². The minimum absolute atomic E-state index is 0.202. The molecule has 2 atom stereocenters. The first kappa shape index (κ1) is 20.0. The molecule has 6 heteroatoms. The lowest BCUT2D eigenvalue weighted by Gasteiger charge is -2.15. The fraction of sp³-hybridized carbons (Fsp3) is 0.556. The Hall–Kier alpha value is -2.08. The zero-order chi connectivity index (χ0) is 17.9. The Bertz CT molecular complexity index is 511. The fourth-order valence-electron chi connectivity index (χ4n) is 2.01. The molecule has 0 bridgehead atoms. The molecule has 1 aromatic carbocycles. The Labute approximate surface area is 142 Å². The van der Waals surface area contributed by atoms with Crippen molar-refractivity contribution in [3.63, 3.8) is 0 Å². The third-order valence-electron chi connectivity index (χ3n) is 3.68. The zero-order valence-electron chi connectivity index (χ0n) is 14.5. The van der Waals surface area contributed by atoms with Crippen LogP contribution in [0.3, 0.4) is 0 Å². The first-order chi connectivity index (χ1) is 11.5. The van der Waals surface area contributed by atoms with Crippen LogP contribution in [-0.2, 0) is 25.7 Å². The number of benzene rings is 1. The number of esters is 1. The Morgan fingerprint density at radius 3 is 2.42 bits per heavy atom. The molecular weight excluding hydrogens is 312 g/mol. The highest BCUT2D eigenvalue weighted by Gasteiger charge is 2.28. The van der Waals surface area contributed by atoms with Gasteiger partial charge < -0.3 is 19.3 Å². The highest BCUT2D eigenvalue weighted by molar-refractivity contribution is 5.93. The van der Waals surface area contributed by atoms with Gasteiger partial charge in [-0.25, -0.2) is 0 Å². The maximum absolute atomic E-state index is 11.8. The molecule has 0 radical (unpaired) electrons. The van der Waals surface area contributed by atoms with Crippen LogP contribution in [-0.4, -0.2) is 36.9 Å². The predicted octanol–water partition coefficient (Wildman–Crippen LogP) is 3.03. The second-order valence-corrected chi connectivity index (χ2v) is 5.59. The molecule has 1 aromatic rings. The molecule has 2 unspecified atom stereocenters. The number of hydrogen-bond donors (Lipinski definition) is 1. The molecule has 0 fully saturated rings. The molecule has 1 rings (SSSR count). The van der Waals surface area contributed by atoms with Crippen molar-refractivity contribution in [3.8, 4) is 5.75 Å².